The first-order chi connectivity index (χ1) is 9.85. The van der Waals surface area contributed by atoms with Gasteiger partial charge in [0.15, 0.2) is 8.46 Å². The molecular formula is C18H37OP. The molecule has 0 heterocycles. The van der Waals surface area contributed by atoms with Crippen LogP contribution in [0.15, 0.2) is 0 Å². The van der Waals surface area contributed by atoms with Gasteiger partial charge in [-0.3, -0.25) is 4.57 Å². The van der Waals surface area contributed by atoms with E-state index < -0.39 is 0 Å². The van der Waals surface area contributed by atoms with E-state index in [0.29, 0.717) is 14.1 Å². The van der Waals surface area contributed by atoms with Gasteiger partial charge < -0.3 is 0 Å². The molecule has 0 fully saturated rings. The summed E-state index contributed by atoms with van der Waals surface area (Å²) in [4.78, 5) is 0. The molecule has 0 rings (SSSR count). The van der Waals surface area contributed by atoms with Crippen molar-refractivity contribution in [2.45, 2.75) is 116 Å². The van der Waals surface area contributed by atoms with E-state index in [-0.39, 0.29) is 0 Å². The fraction of sp³-hybridized carbons (Fsp3) is 1.00. The summed E-state index contributed by atoms with van der Waals surface area (Å²) in [7, 11) is 0.392. The van der Waals surface area contributed by atoms with Gasteiger partial charge in [0.1, 0.15) is 0 Å². The molecule has 0 aliphatic carbocycles. The number of unbranched alkanes of at least 4 members (excludes halogenated alkanes) is 11. The van der Waals surface area contributed by atoms with Crippen LogP contribution in [-0.4, -0.2) is 5.66 Å². The van der Waals surface area contributed by atoms with Crippen molar-refractivity contribution in [3.63, 3.8) is 0 Å². The average molecular weight is 300 g/mol. The van der Waals surface area contributed by atoms with Crippen molar-refractivity contribution < 1.29 is 4.57 Å². The van der Waals surface area contributed by atoms with E-state index in [2.05, 4.69) is 13.8 Å². The summed E-state index contributed by atoms with van der Waals surface area (Å²) in [5.41, 5.74) is 0.441. The zero-order valence-corrected chi connectivity index (χ0v) is 14.9. The van der Waals surface area contributed by atoms with Crippen molar-refractivity contribution in [2.75, 3.05) is 0 Å². The highest BCUT2D eigenvalue weighted by molar-refractivity contribution is 7.24. The van der Waals surface area contributed by atoms with E-state index in [9.17, 15) is 4.57 Å². The van der Waals surface area contributed by atoms with Gasteiger partial charge in [-0.05, 0) is 12.8 Å². The zero-order valence-electron chi connectivity index (χ0n) is 14.0. The SMILES string of the molecule is CCCCCCCCCC(CCCCCCCC)P=O. The van der Waals surface area contributed by atoms with Crippen LogP contribution in [-0.2, 0) is 4.57 Å². The Morgan fingerprint density at radius 3 is 1.30 bits per heavy atom. The van der Waals surface area contributed by atoms with Crippen molar-refractivity contribution in [2.24, 2.45) is 0 Å². The Morgan fingerprint density at radius 2 is 0.950 bits per heavy atom. The van der Waals surface area contributed by atoms with Gasteiger partial charge in [-0.1, -0.05) is 97.3 Å². The first-order valence-corrected chi connectivity index (χ1v) is 10.1. The number of hydrogen-bond donors (Lipinski definition) is 0. The molecule has 0 amide bonds. The minimum Gasteiger partial charge on any atom is -0.275 e. The third kappa shape index (κ3) is 14.5. The molecule has 0 bridgehead atoms. The van der Waals surface area contributed by atoms with Gasteiger partial charge in [-0.15, -0.1) is 0 Å². The predicted octanol–water partition coefficient (Wildman–Crippen LogP) is 7.54. The summed E-state index contributed by atoms with van der Waals surface area (Å²) in [5.74, 6) is 0. The second-order valence-electron chi connectivity index (χ2n) is 6.23. The van der Waals surface area contributed by atoms with Gasteiger partial charge in [0.05, 0.1) is 0 Å². The number of rotatable bonds is 16. The maximum Gasteiger partial charge on any atom is 0.158 e. The molecule has 0 spiro atoms. The zero-order chi connectivity index (χ0) is 14.9. The Balaban J connectivity index is 3.31. The van der Waals surface area contributed by atoms with Crippen molar-refractivity contribution in [1.82, 2.24) is 0 Å². The minimum atomic E-state index is 0.392. The highest BCUT2D eigenvalue weighted by Crippen LogP contribution is 2.22. The van der Waals surface area contributed by atoms with Crippen molar-refractivity contribution in [3.8, 4) is 0 Å². The number of hydrogen-bond acceptors (Lipinski definition) is 1. The van der Waals surface area contributed by atoms with E-state index in [1.165, 1.54) is 96.3 Å². The van der Waals surface area contributed by atoms with Gasteiger partial charge in [0.2, 0.25) is 0 Å². The fourth-order valence-corrected chi connectivity index (χ4v) is 3.32. The van der Waals surface area contributed by atoms with Gasteiger partial charge in [0, 0.05) is 5.66 Å². The quantitative estimate of drug-likeness (QED) is 0.212. The Bertz CT molecular complexity index is 194. The van der Waals surface area contributed by atoms with Gasteiger partial charge >= 0.3 is 0 Å². The Morgan fingerprint density at radius 1 is 0.600 bits per heavy atom. The Kier molecular flexibility index (Phi) is 17.2. The Hall–Kier alpha value is 0.100. The van der Waals surface area contributed by atoms with Crippen LogP contribution in [0.3, 0.4) is 0 Å². The summed E-state index contributed by atoms with van der Waals surface area (Å²) < 4.78 is 11.2. The van der Waals surface area contributed by atoms with Crippen LogP contribution in [0.2, 0.25) is 0 Å². The summed E-state index contributed by atoms with van der Waals surface area (Å²) >= 11 is 0. The van der Waals surface area contributed by atoms with Gasteiger partial charge in [0.25, 0.3) is 0 Å². The maximum atomic E-state index is 11.2. The van der Waals surface area contributed by atoms with Crippen molar-refractivity contribution in [1.29, 1.82) is 0 Å². The molecule has 0 aromatic carbocycles. The summed E-state index contributed by atoms with van der Waals surface area (Å²) in [5, 5.41) is 0. The first kappa shape index (κ1) is 20.1. The topological polar surface area (TPSA) is 17.1 Å². The second kappa shape index (κ2) is 17.2. The second-order valence-corrected chi connectivity index (χ2v) is 7.17. The molecule has 0 aliphatic rings. The van der Waals surface area contributed by atoms with Crippen LogP contribution < -0.4 is 0 Å². The highest BCUT2D eigenvalue weighted by Gasteiger charge is 2.07. The van der Waals surface area contributed by atoms with E-state index in [4.69, 9.17) is 0 Å². The van der Waals surface area contributed by atoms with E-state index in [1.807, 2.05) is 0 Å². The van der Waals surface area contributed by atoms with Crippen LogP contribution >= 0.6 is 8.46 Å². The molecule has 0 saturated carbocycles. The minimum absolute atomic E-state index is 0.392. The molecule has 2 heteroatoms. The van der Waals surface area contributed by atoms with Crippen LogP contribution in [0, 0.1) is 0 Å². The van der Waals surface area contributed by atoms with Crippen LogP contribution in [0.5, 0.6) is 0 Å². The lowest BCUT2D eigenvalue weighted by atomic mass is 10.0. The first-order valence-electron chi connectivity index (χ1n) is 9.17. The van der Waals surface area contributed by atoms with E-state index in [0.717, 1.165) is 0 Å². The van der Waals surface area contributed by atoms with E-state index >= 15 is 0 Å². The average Bonchev–Trinajstić information content (AvgIpc) is 2.47. The largest absolute Gasteiger partial charge is 0.275 e. The predicted molar refractivity (Wildman–Crippen MR) is 92.0 cm³/mol. The molecule has 1 unspecified atom stereocenters. The molecule has 0 saturated heterocycles. The molecule has 1 nitrogen and oxygen atoms in total. The summed E-state index contributed by atoms with van der Waals surface area (Å²) in [6, 6.07) is 0. The summed E-state index contributed by atoms with van der Waals surface area (Å²) in [6.07, 6.45) is 19.9. The molecule has 20 heavy (non-hydrogen) atoms. The monoisotopic (exact) mass is 300 g/mol. The van der Waals surface area contributed by atoms with E-state index in [1.54, 1.807) is 0 Å². The molecule has 120 valence electrons. The molecule has 0 aromatic rings. The molecule has 1 atom stereocenters. The molecule has 0 radical (unpaired) electrons. The standard InChI is InChI=1S/C18H37OP/c1-3-5-7-9-11-13-15-17-18(20-19)16-14-12-10-8-6-4-2/h18H,3-17H2,1-2H3. The van der Waals surface area contributed by atoms with Crippen LogP contribution in [0.4, 0.5) is 0 Å². The van der Waals surface area contributed by atoms with Crippen LogP contribution in [0.1, 0.15) is 110 Å². The summed E-state index contributed by atoms with van der Waals surface area (Å²) in [6.45, 7) is 4.52. The molecule has 0 N–H and O–H groups in total. The maximum absolute atomic E-state index is 11.2. The third-order valence-electron chi connectivity index (χ3n) is 4.18. The normalized spacial score (nSPS) is 12.9. The highest BCUT2D eigenvalue weighted by atomic mass is 31.1. The smallest absolute Gasteiger partial charge is 0.158 e. The molecular weight excluding hydrogens is 263 g/mol. The lowest BCUT2D eigenvalue weighted by molar-refractivity contribution is 0.523. The van der Waals surface area contributed by atoms with Crippen molar-refractivity contribution in [3.05, 3.63) is 0 Å². The van der Waals surface area contributed by atoms with Gasteiger partial charge in [-0.2, -0.15) is 0 Å². The van der Waals surface area contributed by atoms with Gasteiger partial charge in [-0.25, -0.2) is 0 Å². The van der Waals surface area contributed by atoms with Crippen molar-refractivity contribution >= 4 is 8.46 Å². The third-order valence-corrected chi connectivity index (χ3v) is 5.00. The Labute approximate surface area is 129 Å². The lowest BCUT2D eigenvalue weighted by Crippen LogP contribution is -1.99. The lowest BCUT2D eigenvalue weighted by Gasteiger charge is -2.09. The van der Waals surface area contributed by atoms with Crippen LogP contribution in [0.25, 0.3) is 0 Å². The molecule has 0 aromatic heterocycles. The molecule has 0 aliphatic heterocycles. The fourth-order valence-electron chi connectivity index (χ4n) is 2.75.